The highest BCUT2D eigenvalue weighted by Gasteiger charge is 2.36. The van der Waals surface area contributed by atoms with Crippen molar-refractivity contribution < 1.29 is 26.7 Å². The predicted octanol–water partition coefficient (Wildman–Crippen LogP) is 3.19. The molecule has 2 fully saturated rings. The summed E-state index contributed by atoms with van der Waals surface area (Å²) in [6.45, 7) is 2.14. The van der Waals surface area contributed by atoms with Gasteiger partial charge in [-0.15, -0.1) is 0 Å². The smallest absolute Gasteiger partial charge is 0.320 e. The van der Waals surface area contributed by atoms with Crippen molar-refractivity contribution in [3.05, 3.63) is 58.7 Å². The van der Waals surface area contributed by atoms with E-state index in [1.54, 1.807) is 21.9 Å². The molecule has 0 spiro atoms. The van der Waals surface area contributed by atoms with Gasteiger partial charge < -0.3 is 14.5 Å². The van der Waals surface area contributed by atoms with Gasteiger partial charge in [0, 0.05) is 63.4 Å². The van der Waals surface area contributed by atoms with E-state index < -0.39 is 21.7 Å². The van der Waals surface area contributed by atoms with E-state index in [1.807, 2.05) is 0 Å². The van der Waals surface area contributed by atoms with E-state index in [2.05, 4.69) is 4.98 Å². The third-order valence-electron chi connectivity index (χ3n) is 6.52. The van der Waals surface area contributed by atoms with E-state index in [4.69, 9.17) is 16.3 Å². The first-order chi connectivity index (χ1) is 16.6. The van der Waals surface area contributed by atoms with Gasteiger partial charge in [0.15, 0.2) is 11.6 Å². The average molecular weight is 529 g/mol. The number of amides is 2. The van der Waals surface area contributed by atoms with Gasteiger partial charge in [-0.05, 0) is 30.2 Å². The SMILES string of the molecule is CS(=O)(=O)N1CCN(C(=O)N2CC[C@H](COc3ccc(Cl)cn3)[C@@H](c3ccc(F)c(F)c3)C2)CC1. The fourth-order valence-corrected chi connectivity index (χ4v) is 5.48. The van der Waals surface area contributed by atoms with Crippen LogP contribution in [0.4, 0.5) is 13.6 Å². The molecule has 0 radical (unpaired) electrons. The maximum absolute atomic E-state index is 14.1. The second-order valence-electron chi connectivity index (χ2n) is 8.83. The molecular formula is C23H27ClF2N4O4S. The Morgan fingerprint density at radius 1 is 1.09 bits per heavy atom. The van der Waals surface area contributed by atoms with Crippen molar-refractivity contribution in [2.75, 3.05) is 52.1 Å². The second-order valence-corrected chi connectivity index (χ2v) is 11.3. The molecule has 2 aliphatic heterocycles. The molecule has 2 aliphatic rings. The van der Waals surface area contributed by atoms with Crippen LogP contribution in [0.2, 0.25) is 5.02 Å². The number of aromatic nitrogens is 1. The summed E-state index contributed by atoms with van der Waals surface area (Å²) in [5.41, 5.74) is 0.584. The largest absolute Gasteiger partial charge is 0.477 e. The first-order valence-corrected chi connectivity index (χ1v) is 13.5. The van der Waals surface area contributed by atoms with Crippen molar-refractivity contribution in [2.24, 2.45) is 5.92 Å². The van der Waals surface area contributed by atoms with Gasteiger partial charge in [0.05, 0.1) is 17.9 Å². The molecule has 4 rings (SSSR count). The molecule has 1 aromatic carbocycles. The van der Waals surface area contributed by atoms with Crippen LogP contribution in [0.5, 0.6) is 5.88 Å². The van der Waals surface area contributed by atoms with E-state index in [-0.39, 0.29) is 37.6 Å². The minimum Gasteiger partial charge on any atom is -0.477 e. The number of hydrogen-bond donors (Lipinski definition) is 0. The minimum atomic E-state index is -3.30. The Morgan fingerprint density at radius 2 is 1.83 bits per heavy atom. The summed E-state index contributed by atoms with van der Waals surface area (Å²) in [6.07, 6.45) is 3.23. The molecule has 0 aliphatic carbocycles. The third kappa shape index (κ3) is 6.20. The van der Waals surface area contributed by atoms with E-state index in [0.717, 1.165) is 12.3 Å². The highest BCUT2D eigenvalue weighted by molar-refractivity contribution is 7.88. The average Bonchev–Trinajstić information content (AvgIpc) is 2.84. The molecule has 3 heterocycles. The Kier molecular flexibility index (Phi) is 7.77. The number of carbonyl (C=O) groups excluding carboxylic acids is 1. The fourth-order valence-electron chi connectivity index (χ4n) is 4.55. The molecule has 0 saturated carbocycles. The number of piperidine rings is 1. The summed E-state index contributed by atoms with van der Waals surface area (Å²) in [7, 11) is -3.30. The van der Waals surface area contributed by atoms with Crippen molar-refractivity contribution in [3.63, 3.8) is 0 Å². The minimum absolute atomic E-state index is 0.0662. The first-order valence-electron chi connectivity index (χ1n) is 11.3. The number of benzene rings is 1. The van der Waals surface area contributed by atoms with Crippen LogP contribution in [0.1, 0.15) is 17.9 Å². The summed E-state index contributed by atoms with van der Waals surface area (Å²) in [6, 6.07) is 6.94. The molecule has 0 N–H and O–H groups in total. The number of carbonyl (C=O) groups is 1. The number of halogens is 3. The van der Waals surface area contributed by atoms with Crippen LogP contribution in [0.3, 0.4) is 0 Å². The molecule has 8 nitrogen and oxygen atoms in total. The lowest BCUT2D eigenvalue weighted by atomic mass is 9.81. The van der Waals surface area contributed by atoms with Crippen LogP contribution in [-0.2, 0) is 10.0 Å². The van der Waals surface area contributed by atoms with E-state index in [0.29, 0.717) is 49.1 Å². The van der Waals surface area contributed by atoms with E-state index in [9.17, 15) is 22.0 Å². The lowest BCUT2D eigenvalue weighted by Crippen LogP contribution is -2.56. The molecule has 0 bridgehead atoms. The summed E-state index contributed by atoms with van der Waals surface area (Å²) < 4.78 is 58.4. The van der Waals surface area contributed by atoms with Gasteiger partial charge in [0.1, 0.15) is 0 Å². The molecule has 12 heteroatoms. The molecule has 0 unspecified atom stereocenters. The Labute approximate surface area is 208 Å². The van der Waals surface area contributed by atoms with Crippen LogP contribution in [-0.4, -0.2) is 85.7 Å². The molecule has 2 aromatic rings. The summed E-state index contributed by atoms with van der Waals surface area (Å²) >= 11 is 5.87. The van der Waals surface area contributed by atoms with Crippen LogP contribution in [0.15, 0.2) is 36.5 Å². The fraction of sp³-hybridized carbons (Fsp3) is 0.478. The number of rotatable bonds is 5. The maximum Gasteiger partial charge on any atom is 0.320 e. The van der Waals surface area contributed by atoms with Crippen LogP contribution in [0.25, 0.3) is 0 Å². The lowest BCUT2D eigenvalue weighted by molar-refractivity contribution is 0.0958. The molecule has 190 valence electrons. The van der Waals surface area contributed by atoms with Crippen molar-refractivity contribution >= 4 is 27.7 Å². The Morgan fingerprint density at radius 3 is 2.46 bits per heavy atom. The third-order valence-corrected chi connectivity index (χ3v) is 8.05. The van der Waals surface area contributed by atoms with Crippen molar-refractivity contribution in [3.8, 4) is 5.88 Å². The second kappa shape index (κ2) is 10.6. The number of nitrogens with zero attached hydrogens (tertiary/aromatic N) is 4. The van der Waals surface area contributed by atoms with Crippen molar-refractivity contribution in [1.82, 2.24) is 19.1 Å². The van der Waals surface area contributed by atoms with Crippen LogP contribution < -0.4 is 4.74 Å². The van der Waals surface area contributed by atoms with Gasteiger partial charge in [0.25, 0.3) is 0 Å². The maximum atomic E-state index is 14.1. The highest BCUT2D eigenvalue weighted by Crippen LogP contribution is 2.34. The number of hydrogen-bond acceptors (Lipinski definition) is 5. The van der Waals surface area contributed by atoms with Crippen molar-refractivity contribution in [2.45, 2.75) is 12.3 Å². The predicted molar refractivity (Wildman–Crippen MR) is 127 cm³/mol. The quantitative estimate of drug-likeness (QED) is 0.595. The first kappa shape index (κ1) is 25.6. The summed E-state index contributed by atoms with van der Waals surface area (Å²) in [5.74, 6) is -1.82. The van der Waals surface area contributed by atoms with Crippen molar-refractivity contribution in [1.29, 1.82) is 0 Å². The van der Waals surface area contributed by atoms with E-state index >= 15 is 0 Å². The zero-order valence-electron chi connectivity index (χ0n) is 19.2. The Balaban J connectivity index is 1.47. The van der Waals surface area contributed by atoms with E-state index in [1.165, 1.54) is 22.6 Å². The standard InChI is InChI=1S/C23H27ClF2N4O4S/c1-35(32,33)30-10-8-28(9-11-30)23(31)29-7-6-17(15-34-22-5-3-18(24)13-27-22)19(14-29)16-2-4-20(25)21(26)12-16/h2-5,12-13,17,19H,6-11,14-15H2,1H3/t17-,19-/m1/s1. The highest BCUT2D eigenvalue weighted by atomic mass is 35.5. The zero-order chi connectivity index (χ0) is 25.2. The van der Waals surface area contributed by atoms with Gasteiger partial charge in [-0.25, -0.2) is 27.0 Å². The van der Waals surface area contributed by atoms with Gasteiger partial charge in [0.2, 0.25) is 15.9 Å². The molecule has 2 amide bonds. The number of urea groups is 1. The Hall–Kier alpha value is -2.50. The van der Waals surface area contributed by atoms with Crippen LogP contribution in [0, 0.1) is 17.6 Å². The lowest BCUT2D eigenvalue weighted by Gasteiger charge is -2.42. The molecule has 2 atom stereocenters. The van der Waals surface area contributed by atoms with Crippen LogP contribution >= 0.6 is 11.6 Å². The Bertz CT molecular complexity index is 1160. The monoisotopic (exact) mass is 528 g/mol. The number of ether oxygens (including phenoxy) is 1. The molecule has 2 saturated heterocycles. The molecular weight excluding hydrogens is 502 g/mol. The zero-order valence-corrected chi connectivity index (χ0v) is 20.8. The molecule has 1 aromatic heterocycles. The topological polar surface area (TPSA) is 83.1 Å². The van der Waals surface area contributed by atoms with Gasteiger partial charge in [-0.3, -0.25) is 0 Å². The summed E-state index contributed by atoms with van der Waals surface area (Å²) in [5, 5.41) is 0.487. The molecule has 35 heavy (non-hydrogen) atoms. The summed E-state index contributed by atoms with van der Waals surface area (Å²) in [4.78, 5) is 20.7. The number of piperazine rings is 1. The number of sulfonamides is 1. The number of likely N-dealkylation sites (tertiary alicyclic amines) is 1. The normalized spacial score (nSPS) is 21.7. The van der Waals surface area contributed by atoms with Gasteiger partial charge >= 0.3 is 6.03 Å². The van der Waals surface area contributed by atoms with Gasteiger partial charge in [-0.2, -0.15) is 4.31 Å². The number of pyridine rings is 1. The van der Waals surface area contributed by atoms with Gasteiger partial charge in [-0.1, -0.05) is 17.7 Å².